The van der Waals surface area contributed by atoms with Crippen molar-refractivity contribution in [3.05, 3.63) is 30.1 Å². The van der Waals surface area contributed by atoms with Crippen LogP contribution in [0.4, 0.5) is 0 Å². The van der Waals surface area contributed by atoms with E-state index in [0.29, 0.717) is 0 Å². The Morgan fingerprint density at radius 2 is 1.93 bits per heavy atom. The number of rotatable bonds is 1. The highest BCUT2D eigenvalue weighted by Gasteiger charge is 2.25. The van der Waals surface area contributed by atoms with E-state index in [1.165, 1.54) is 0 Å². The first-order valence-electron chi connectivity index (χ1n) is 5.12. The van der Waals surface area contributed by atoms with Gasteiger partial charge in [0.1, 0.15) is 0 Å². The number of pyridine rings is 1. The molecule has 0 aliphatic carbocycles. The second kappa shape index (κ2) is 3.57. The Morgan fingerprint density at radius 1 is 1.13 bits per heavy atom. The molecule has 0 atom stereocenters. The van der Waals surface area contributed by atoms with Crippen LogP contribution in [0.15, 0.2) is 34.6 Å². The van der Waals surface area contributed by atoms with Crippen molar-refractivity contribution >= 4 is 11.4 Å². The van der Waals surface area contributed by atoms with Gasteiger partial charge in [-0.25, -0.2) is 0 Å². The van der Waals surface area contributed by atoms with Crippen molar-refractivity contribution in [2.45, 2.75) is 27.2 Å². The van der Waals surface area contributed by atoms with Gasteiger partial charge in [-0.3, -0.25) is 4.98 Å². The molecule has 0 saturated heterocycles. The van der Waals surface area contributed by atoms with Gasteiger partial charge in [-0.1, -0.05) is 26.8 Å². The normalized spacial score (nSPS) is 16.2. The van der Waals surface area contributed by atoms with Crippen molar-refractivity contribution < 1.29 is 0 Å². The zero-order chi connectivity index (χ0) is 10.9. The van der Waals surface area contributed by atoms with Gasteiger partial charge in [0.2, 0.25) is 0 Å². The van der Waals surface area contributed by atoms with E-state index in [9.17, 15) is 0 Å². The molecule has 0 unspecified atom stereocenters. The molecule has 1 aromatic heterocycles. The van der Waals surface area contributed by atoms with Gasteiger partial charge in [-0.15, -0.1) is 0 Å². The minimum atomic E-state index is 0.0973. The lowest BCUT2D eigenvalue weighted by Crippen LogP contribution is -2.20. The van der Waals surface area contributed by atoms with Crippen LogP contribution < -0.4 is 0 Å². The van der Waals surface area contributed by atoms with E-state index in [-0.39, 0.29) is 5.41 Å². The van der Waals surface area contributed by atoms with Crippen LogP contribution in [-0.4, -0.2) is 16.4 Å². The molecule has 2 rings (SSSR count). The highest BCUT2D eigenvalue weighted by atomic mass is 15.2. The number of hydrogen-bond donors (Lipinski definition) is 0. The zero-order valence-corrected chi connectivity index (χ0v) is 9.36. The summed E-state index contributed by atoms with van der Waals surface area (Å²) < 4.78 is 0. The van der Waals surface area contributed by atoms with Crippen molar-refractivity contribution in [1.82, 2.24) is 4.98 Å². The third kappa shape index (κ3) is 2.12. The van der Waals surface area contributed by atoms with Crippen LogP contribution in [0.2, 0.25) is 0 Å². The number of hydrogen-bond acceptors (Lipinski definition) is 3. The molecule has 0 saturated carbocycles. The molecule has 2 heterocycles. The third-order valence-electron chi connectivity index (χ3n) is 2.45. The van der Waals surface area contributed by atoms with E-state index in [2.05, 4.69) is 36.0 Å². The molecule has 0 amide bonds. The summed E-state index contributed by atoms with van der Waals surface area (Å²) >= 11 is 0. The maximum Gasteiger partial charge on any atom is 0.0943 e. The third-order valence-corrected chi connectivity index (χ3v) is 2.45. The second-order valence-corrected chi connectivity index (χ2v) is 4.74. The molecule has 15 heavy (non-hydrogen) atoms. The summed E-state index contributed by atoms with van der Waals surface area (Å²) in [6.07, 6.45) is 2.60. The summed E-state index contributed by atoms with van der Waals surface area (Å²) in [6.45, 7) is 6.47. The van der Waals surface area contributed by atoms with Crippen LogP contribution in [0, 0.1) is 5.41 Å². The summed E-state index contributed by atoms with van der Waals surface area (Å²) in [7, 11) is 0. The first kappa shape index (κ1) is 10.0. The van der Waals surface area contributed by atoms with Crippen LogP contribution in [0.1, 0.15) is 32.9 Å². The Kier molecular flexibility index (Phi) is 2.39. The van der Waals surface area contributed by atoms with Gasteiger partial charge in [0.05, 0.1) is 17.1 Å². The van der Waals surface area contributed by atoms with E-state index in [4.69, 9.17) is 0 Å². The smallest absolute Gasteiger partial charge is 0.0943 e. The van der Waals surface area contributed by atoms with Crippen molar-refractivity contribution in [2.75, 3.05) is 0 Å². The van der Waals surface area contributed by atoms with Crippen molar-refractivity contribution in [1.29, 1.82) is 0 Å². The molecule has 3 nitrogen and oxygen atoms in total. The molecular formula is C12H15N3. The molecular weight excluding hydrogens is 186 g/mol. The highest BCUT2D eigenvalue weighted by molar-refractivity contribution is 6.15. The van der Waals surface area contributed by atoms with Gasteiger partial charge in [-0.2, -0.15) is 10.2 Å². The molecule has 1 aliphatic rings. The predicted octanol–water partition coefficient (Wildman–Crippen LogP) is 2.68. The summed E-state index contributed by atoms with van der Waals surface area (Å²) in [6, 6.07) is 5.85. The SMILES string of the molecule is CC(C)(C)C1=NN=C(c2ccccn2)C1. The first-order valence-corrected chi connectivity index (χ1v) is 5.12. The van der Waals surface area contributed by atoms with Crippen LogP contribution in [-0.2, 0) is 0 Å². The Hall–Kier alpha value is -1.51. The standard InChI is InChI=1S/C12H15N3/c1-12(2,3)11-8-10(14-15-11)9-6-4-5-7-13-9/h4-7H,8H2,1-3H3. The molecule has 0 radical (unpaired) electrons. The molecule has 0 N–H and O–H groups in total. The fraction of sp³-hybridized carbons (Fsp3) is 0.417. The maximum absolute atomic E-state index is 4.27. The average Bonchev–Trinajstić information content (AvgIpc) is 2.67. The topological polar surface area (TPSA) is 37.6 Å². The van der Waals surface area contributed by atoms with Gasteiger partial charge in [0, 0.05) is 18.0 Å². The molecule has 0 bridgehead atoms. The molecule has 1 aromatic rings. The van der Waals surface area contributed by atoms with Crippen molar-refractivity contribution in [3.8, 4) is 0 Å². The lowest BCUT2D eigenvalue weighted by atomic mass is 9.87. The van der Waals surface area contributed by atoms with Gasteiger partial charge in [0.25, 0.3) is 0 Å². The van der Waals surface area contributed by atoms with E-state index in [1.54, 1.807) is 6.20 Å². The zero-order valence-electron chi connectivity index (χ0n) is 9.36. The Morgan fingerprint density at radius 3 is 2.47 bits per heavy atom. The van der Waals surface area contributed by atoms with Gasteiger partial charge < -0.3 is 0 Å². The molecule has 0 fully saturated rings. The molecule has 0 spiro atoms. The van der Waals surface area contributed by atoms with Crippen LogP contribution in [0.25, 0.3) is 0 Å². The highest BCUT2D eigenvalue weighted by Crippen LogP contribution is 2.23. The van der Waals surface area contributed by atoms with Crippen LogP contribution >= 0.6 is 0 Å². The van der Waals surface area contributed by atoms with E-state index in [0.717, 1.165) is 23.5 Å². The van der Waals surface area contributed by atoms with E-state index in [1.807, 2.05) is 18.2 Å². The second-order valence-electron chi connectivity index (χ2n) is 4.74. The number of aromatic nitrogens is 1. The van der Waals surface area contributed by atoms with Gasteiger partial charge in [0.15, 0.2) is 0 Å². The van der Waals surface area contributed by atoms with Crippen molar-refractivity contribution in [3.63, 3.8) is 0 Å². The minimum absolute atomic E-state index is 0.0973. The first-order chi connectivity index (χ1) is 7.07. The summed E-state index contributed by atoms with van der Waals surface area (Å²) in [5.41, 5.74) is 3.13. The lowest BCUT2D eigenvalue weighted by Gasteiger charge is -2.17. The minimum Gasteiger partial charge on any atom is -0.255 e. The fourth-order valence-corrected chi connectivity index (χ4v) is 1.44. The summed E-state index contributed by atoms with van der Waals surface area (Å²) in [5, 5.41) is 8.43. The Bertz CT molecular complexity index is 410. The Balaban J connectivity index is 2.15. The molecule has 1 aliphatic heterocycles. The molecule has 0 aromatic carbocycles. The fourth-order valence-electron chi connectivity index (χ4n) is 1.44. The van der Waals surface area contributed by atoms with Gasteiger partial charge in [-0.05, 0) is 12.1 Å². The Labute approximate surface area is 90.0 Å². The van der Waals surface area contributed by atoms with Gasteiger partial charge >= 0.3 is 0 Å². The molecule has 78 valence electrons. The van der Waals surface area contributed by atoms with Crippen molar-refractivity contribution in [2.24, 2.45) is 15.6 Å². The summed E-state index contributed by atoms with van der Waals surface area (Å²) in [5.74, 6) is 0. The molecule has 3 heteroatoms. The lowest BCUT2D eigenvalue weighted by molar-refractivity contribution is 0.585. The largest absolute Gasteiger partial charge is 0.255 e. The average molecular weight is 201 g/mol. The quantitative estimate of drug-likeness (QED) is 0.688. The van der Waals surface area contributed by atoms with Crippen LogP contribution in [0.3, 0.4) is 0 Å². The van der Waals surface area contributed by atoms with E-state index >= 15 is 0 Å². The van der Waals surface area contributed by atoms with Crippen LogP contribution in [0.5, 0.6) is 0 Å². The summed E-state index contributed by atoms with van der Waals surface area (Å²) in [4.78, 5) is 4.27. The maximum atomic E-state index is 4.27. The van der Waals surface area contributed by atoms with E-state index < -0.39 is 0 Å². The monoisotopic (exact) mass is 201 g/mol. The number of nitrogens with zero attached hydrogens (tertiary/aromatic N) is 3. The predicted molar refractivity (Wildman–Crippen MR) is 62.3 cm³/mol.